The van der Waals surface area contributed by atoms with E-state index in [1.54, 1.807) is 42.3 Å². The van der Waals surface area contributed by atoms with Crippen molar-refractivity contribution in [2.75, 3.05) is 18.6 Å². The van der Waals surface area contributed by atoms with Crippen molar-refractivity contribution in [1.29, 1.82) is 0 Å². The number of hydrazone groups is 1. The molecule has 1 fully saturated rings. The molecule has 1 saturated heterocycles. The van der Waals surface area contributed by atoms with Crippen molar-refractivity contribution in [2.24, 2.45) is 11.0 Å². The van der Waals surface area contributed by atoms with Crippen LogP contribution in [-0.2, 0) is 22.6 Å². The van der Waals surface area contributed by atoms with Crippen LogP contribution in [0.2, 0.25) is 10.0 Å². The largest absolute Gasteiger partial charge is 0.493 e. The van der Waals surface area contributed by atoms with Crippen molar-refractivity contribution in [2.45, 2.75) is 26.4 Å². The van der Waals surface area contributed by atoms with Gasteiger partial charge in [-0.3, -0.25) is 9.59 Å². The van der Waals surface area contributed by atoms with E-state index in [2.05, 4.69) is 17.5 Å². The van der Waals surface area contributed by atoms with Gasteiger partial charge in [-0.2, -0.15) is 5.10 Å². The molecule has 1 N–H and O–H groups in total. The fourth-order valence-electron chi connectivity index (χ4n) is 3.98. The molecule has 3 aromatic rings. The summed E-state index contributed by atoms with van der Waals surface area (Å²) < 4.78 is 11.3. The summed E-state index contributed by atoms with van der Waals surface area (Å²) in [6, 6.07) is 18.4. The number of benzene rings is 3. The van der Waals surface area contributed by atoms with E-state index in [-0.39, 0.29) is 24.8 Å². The van der Waals surface area contributed by atoms with Gasteiger partial charge in [-0.05, 0) is 65.6 Å². The Morgan fingerprint density at radius 1 is 1.05 bits per heavy atom. The average Bonchev–Trinajstić information content (AvgIpc) is 3.31. The minimum Gasteiger partial charge on any atom is -0.493 e. The summed E-state index contributed by atoms with van der Waals surface area (Å²) in [5.41, 5.74) is 6.12. The van der Waals surface area contributed by atoms with Crippen molar-refractivity contribution in [1.82, 2.24) is 5.43 Å². The molecule has 0 spiro atoms. The zero-order valence-electron chi connectivity index (χ0n) is 20.5. The second-order valence-corrected chi connectivity index (χ2v) is 9.42. The van der Waals surface area contributed by atoms with Crippen molar-refractivity contribution in [3.63, 3.8) is 0 Å². The Labute approximate surface area is 226 Å². The third kappa shape index (κ3) is 6.61. The van der Waals surface area contributed by atoms with Gasteiger partial charge in [0.1, 0.15) is 6.61 Å². The maximum Gasteiger partial charge on any atom is 0.245 e. The topological polar surface area (TPSA) is 80.2 Å². The summed E-state index contributed by atoms with van der Waals surface area (Å²) in [7, 11) is 1.54. The molecule has 3 aromatic carbocycles. The third-order valence-electron chi connectivity index (χ3n) is 6.11. The van der Waals surface area contributed by atoms with Gasteiger partial charge in [0.2, 0.25) is 11.8 Å². The first-order valence-corrected chi connectivity index (χ1v) is 12.6. The Kier molecular flexibility index (Phi) is 8.69. The lowest BCUT2D eigenvalue weighted by Gasteiger charge is -2.16. The summed E-state index contributed by atoms with van der Waals surface area (Å²) in [6.45, 7) is 2.69. The predicted octanol–water partition coefficient (Wildman–Crippen LogP) is 5.65. The van der Waals surface area contributed by atoms with Gasteiger partial charge in [-0.25, -0.2) is 5.43 Å². The van der Waals surface area contributed by atoms with Gasteiger partial charge in [0.05, 0.1) is 29.3 Å². The number of nitrogens with zero attached hydrogens (tertiary/aromatic N) is 2. The highest BCUT2D eigenvalue weighted by Crippen LogP contribution is 2.30. The van der Waals surface area contributed by atoms with Crippen molar-refractivity contribution in [3.05, 3.63) is 87.4 Å². The highest BCUT2D eigenvalue weighted by molar-refractivity contribution is 6.42. The highest BCUT2D eigenvalue weighted by Gasteiger charge is 2.35. The van der Waals surface area contributed by atoms with E-state index in [0.29, 0.717) is 33.7 Å². The van der Waals surface area contributed by atoms with Crippen LogP contribution in [0.15, 0.2) is 65.8 Å². The monoisotopic (exact) mass is 539 g/mol. The second kappa shape index (κ2) is 12.1. The first-order chi connectivity index (χ1) is 17.9. The normalized spacial score (nSPS) is 15.3. The predicted molar refractivity (Wildman–Crippen MR) is 146 cm³/mol. The Morgan fingerprint density at radius 2 is 1.81 bits per heavy atom. The summed E-state index contributed by atoms with van der Waals surface area (Å²) in [4.78, 5) is 26.8. The minimum absolute atomic E-state index is 0.0745. The summed E-state index contributed by atoms with van der Waals surface area (Å²) >= 11 is 12.0. The minimum atomic E-state index is -0.470. The van der Waals surface area contributed by atoms with E-state index in [1.165, 1.54) is 11.8 Å². The second-order valence-electron chi connectivity index (χ2n) is 8.61. The van der Waals surface area contributed by atoms with Crippen LogP contribution in [-0.4, -0.2) is 31.7 Å². The molecule has 0 radical (unpaired) electrons. The van der Waals surface area contributed by atoms with Crippen molar-refractivity contribution in [3.8, 4) is 11.5 Å². The average molecular weight is 540 g/mol. The fraction of sp³-hybridized carbons (Fsp3) is 0.250. The van der Waals surface area contributed by atoms with Crippen LogP contribution in [0.1, 0.15) is 30.0 Å². The zero-order valence-corrected chi connectivity index (χ0v) is 22.1. The van der Waals surface area contributed by atoms with E-state index in [4.69, 9.17) is 32.7 Å². The molecule has 7 nitrogen and oxygen atoms in total. The lowest BCUT2D eigenvalue weighted by atomic mass is 10.1. The highest BCUT2D eigenvalue weighted by atomic mass is 35.5. The SMILES string of the molecule is CCc1ccc(N2C[C@@H](C(=O)N/N=C/c3ccc(OCc4ccc(Cl)c(Cl)c4)c(OC)c3)CC2=O)cc1. The van der Waals surface area contributed by atoms with Gasteiger partial charge in [0, 0.05) is 18.7 Å². The van der Waals surface area contributed by atoms with Crippen LogP contribution in [0.3, 0.4) is 0 Å². The van der Waals surface area contributed by atoms with Crippen LogP contribution in [0, 0.1) is 5.92 Å². The molecule has 1 heterocycles. The zero-order chi connectivity index (χ0) is 26.4. The summed E-state index contributed by atoms with van der Waals surface area (Å²) in [5, 5.41) is 5.02. The van der Waals surface area contributed by atoms with Crippen LogP contribution >= 0.6 is 23.2 Å². The van der Waals surface area contributed by atoms with E-state index in [1.807, 2.05) is 30.3 Å². The maximum absolute atomic E-state index is 12.6. The number of carbonyl (C=O) groups is 2. The molecule has 0 unspecified atom stereocenters. The molecule has 9 heteroatoms. The Bertz CT molecular complexity index is 1310. The number of amides is 2. The van der Waals surface area contributed by atoms with E-state index >= 15 is 0 Å². The number of aryl methyl sites for hydroxylation is 1. The summed E-state index contributed by atoms with van der Waals surface area (Å²) in [5.74, 6) is 0.218. The van der Waals surface area contributed by atoms with E-state index < -0.39 is 5.92 Å². The molecular weight excluding hydrogens is 513 g/mol. The number of nitrogens with one attached hydrogen (secondary N) is 1. The maximum atomic E-state index is 12.6. The first-order valence-electron chi connectivity index (χ1n) is 11.8. The van der Waals surface area contributed by atoms with Crippen LogP contribution in [0.5, 0.6) is 11.5 Å². The van der Waals surface area contributed by atoms with E-state index in [9.17, 15) is 9.59 Å². The van der Waals surface area contributed by atoms with Gasteiger partial charge < -0.3 is 14.4 Å². The Balaban J connectivity index is 1.33. The standard InChI is InChI=1S/C28H27Cl2N3O4/c1-3-18-4-8-22(9-5-18)33-16-21(14-27(33)34)28(35)32-31-15-19-7-11-25(26(13-19)36-2)37-17-20-6-10-23(29)24(30)12-20/h4-13,15,21H,3,14,16-17H2,1-2H3,(H,32,35)/b31-15+/t21-/m0/s1. The lowest BCUT2D eigenvalue weighted by Crippen LogP contribution is -2.30. The number of methoxy groups -OCH3 is 1. The number of rotatable bonds is 9. The Hall–Kier alpha value is -3.55. The third-order valence-corrected chi connectivity index (χ3v) is 6.85. The molecule has 1 atom stereocenters. The molecule has 1 aliphatic heterocycles. The van der Waals surface area contributed by atoms with Gasteiger partial charge in [0.25, 0.3) is 0 Å². The quantitative estimate of drug-likeness (QED) is 0.281. The van der Waals surface area contributed by atoms with Crippen LogP contribution in [0.25, 0.3) is 0 Å². The molecule has 1 aliphatic rings. The molecule has 0 saturated carbocycles. The smallest absolute Gasteiger partial charge is 0.245 e. The lowest BCUT2D eigenvalue weighted by molar-refractivity contribution is -0.126. The van der Waals surface area contributed by atoms with Gasteiger partial charge >= 0.3 is 0 Å². The fourth-order valence-corrected chi connectivity index (χ4v) is 4.30. The molecule has 0 aliphatic carbocycles. The first kappa shape index (κ1) is 26.5. The molecule has 192 valence electrons. The number of ether oxygens (including phenoxy) is 2. The molecular formula is C28H27Cl2N3O4. The molecule has 4 rings (SSSR count). The molecule has 37 heavy (non-hydrogen) atoms. The van der Waals surface area contributed by atoms with Gasteiger partial charge in [-0.15, -0.1) is 0 Å². The number of hydrogen-bond acceptors (Lipinski definition) is 5. The molecule has 2 amide bonds. The molecule has 0 bridgehead atoms. The van der Waals surface area contributed by atoms with Crippen molar-refractivity contribution < 1.29 is 19.1 Å². The van der Waals surface area contributed by atoms with Gasteiger partial charge in [0.15, 0.2) is 11.5 Å². The van der Waals surface area contributed by atoms with E-state index in [0.717, 1.165) is 17.7 Å². The van der Waals surface area contributed by atoms with Crippen LogP contribution < -0.4 is 19.8 Å². The number of hydrogen-bond donors (Lipinski definition) is 1. The number of anilines is 1. The van der Waals surface area contributed by atoms with Crippen LogP contribution in [0.4, 0.5) is 5.69 Å². The summed E-state index contributed by atoms with van der Waals surface area (Å²) in [6.07, 6.45) is 2.59. The number of carbonyl (C=O) groups excluding carboxylic acids is 2. The molecule has 0 aromatic heterocycles. The number of halogens is 2. The Morgan fingerprint density at radius 3 is 2.51 bits per heavy atom. The van der Waals surface area contributed by atoms with Crippen molar-refractivity contribution >= 4 is 46.9 Å². The van der Waals surface area contributed by atoms with Gasteiger partial charge in [-0.1, -0.05) is 48.3 Å².